The molecule has 0 fully saturated rings. The van der Waals surface area contributed by atoms with Crippen LogP contribution in [0.5, 0.6) is 0 Å². The summed E-state index contributed by atoms with van der Waals surface area (Å²) < 4.78 is 37.8. The van der Waals surface area contributed by atoms with Crippen molar-refractivity contribution in [3.05, 3.63) is 23.8 Å². The van der Waals surface area contributed by atoms with E-state index in [0.717, 1.165) is 4.90 Å². The summed E-state index contributed by atoms with van der Waals surface area (Å²) in [5.41, 5.74) is 6.50. The monoisotopic (exact) mass is 289 g/mol. The molecule has 1 amide bonds. The number of nitrogen functional groups attached to an aromatic ring is 1. The molecule has 0 atom stereocenters. The molecule has 0 aliphatic carbocycles. The van der Waals surface area contributed by atoms with Gasteiger partial charge in [0.15, 0.2) is 0 Å². The highest BCUT2D eigenvalue weighted by Gasteiger charge is 2.32. The number of carbonyl (C=O) groups is 1. The first kappa shape index (κ1) is 16.1. The molecule has 1 aromatic carbocycles. The lowest BCUT2D eigenvalue weighted by Gasteiger charge is -2.31. The molecule has 4 nitrogen and oxygen atoms in total. The van der Waals surface area contributed by atoms with E-state index in [2.05, 4.69) is 5.32 Å². The minimum atomic E-state index is -4.32. The summed E-state index contributed by atoms with van der Waals surface area (Å²) in [5, 5.41) is 2.43. The van der Waals surface area contributed by atoms with Crippen LogP contribution in [-0.4, -0.2) is 31.7 Å². The number of rotatable bonds is 4. The van der Waals surface area contributed by atoms with E-state index in [1.807, 2.05) is 0 Å². The molecule has 3 N–H and O–H groups in total. The predicted molar refractivity (Wildman–Crippen MR) is 72.8 cm³/mol. The molecule has 0 aliphatic heterocycles. The second-order valence-corrected chi connectivity index (χ2v) is 4.69. The summed E-state index contributed by atoms with van der Waals surface area (Å²) in [4.78, 5) is 12.6. The number of amides is 1. The largest absolute Gasteiger partial charge is 0.405 e. The third-order valence-electron chi connectivity index (χ3n) is 2.80. The minimum Gasteiger partial charge on any atom is -0.397 e. The number of nitrogens with two attached hydrogens (primary N) is 1. The maximum atomic E-state index is 12.6. The van der Waals surface area contributed by atoms with E-state index in [-0.39, 0.29) is 23.3 Å². The van der Waals surface area contributed by atoms with Gasteiger partial charge in [0.25, 0.3) is 5.91 Å². The fourth-order valence-corrected chi connectivity index (χ4v) is 1.84. The molecule has 112 valence electrons. The van der Waals surface area contributed by atoms with Gasteiger partial charge in [-0.25, -0.2) is 0 Å². The summed E-state index contributed by atoms with van der Waals surface area (Å²) >= 11 is 0. The van der Waals surface area contributed by atoms with Gasteiger partial charge in [0.05, 0.1) is 11.4 Å². The molecule has 0 bridgehead atoms. The van der Waals surface area contributed by atoms with Crippen LogP contribution < -0.4 is 16.0 Å². The van der Waals surface area contributed by atoms with Crippen molar-refractivity contribution in [3.8, 4) is 0 Å². The molecule has 0 saturated heterocycles. The van der Waals surface area contributed by atoms with Crippen molar-refractivity contribution in [1.82, 2.24) is 5.32 Å². The summed E-state index contributed by atoms with van der Waals surface area (Å²) in [6.45, 7) is 2.21. The second kappa shape index (κ2) is 6.02. The van der Waals surface area contributed by atoms with Crippen molar-refractivity contribution < 1.29 is 18.0 Å². The van der Waals surface area contributed by atoms with E-state index in [4.69, 9.17) is 5.73 Å². The number of benzene rings is 1. The van der Waals surface area contributed by atoms with Gasteiger partial charge in [0.2, 0.25) is 0 Å². The number of nitrogens with one attached hydrogen (secondary N) is 1. The van der Waals surface area contributed by atoms with Crippen molar-refractivity contribution in [3.63, 3.8) is 0 Å². The van der Waals surface area contributed by atoms with Crippen molar-refractivity contribution in [2.45, 2.75) is 26.1 Å². The first-order valence-electron chi connectivity index (χ1n) is 6.10. The van der Waals surface area contributed by atoms with E-state index < -0.39 is 12.7 Å². The maximum absolute atomic E-state index is 12.6. The molecular formula is C13H18F3N3O. The smallest absolute Gasteiger partial charge is 0.397 e. The lowest BCUT2D eigenvalue weighted by Crippen LogP contribution is -2.39. The summed E-state index contributed by atoms with van der Waals surface area (Å²) in [7, 11) is 1.47. The SMILES string of the molecule is CNC(=O)c1ccc(N(CC(F)(F)F)C(C)C)c(N)c1. The quantitative estimate of drug-likeness (QED) is 0.837. The molecule has 1 aromatic rings. The Kier molecular flexibility index (Phi) is 4.86. The van der Waals surface area contributed by atoms with Crippen LogP contribution in [0, 0.1) is 0 Å². The molecular weight excluding hydrogens is 271 g/mol. The Morgan fingerprint density at radius 2 is 2.00 bits per heavy atom. The van der Waals surface area contributed by atoms with E-state index >= 15 is 0 Å². The van der Waals surface area contributed by atoms with Crippen molar-refractivity contribution in [2.75, 3.05) is 24.2 Å². The molecule has 7 heteroatoms. The zero-order chi connectivity index (χ0) is 15.5. The van der Waals surface area contributed by atoms with Crippen LogP contribution in [-0.2, 0) is 0 Å². The highest BCUT2D eigenvalue weighted by Crippen LogP contribution is 2.29. The number of anilines is 2. The Labute approximate surface area is 115 Å². The molecule has 0 spiro atoms. The topological polar surface area (TPSA) is 58.4 Å². The van der Waals surface area contributed by atoms with Crippen LogP contribution in [0.15, 0.2) is 18.2 Å². The summed E-state index contributed by atoms with van der Waals surface area (Å²) in [5.74, 6) is -0.338. The van der Waals surface area contributed by atoms with Gasteiger partial charge >= 0.3 is 6.18 Å². The maximum Gasteiger partial charge on any atom is 0.405 e. The van der Waals surface area contributed by atoms with Gasteiger partial charge in [-0.2, -0.15) is 13.2 Å². The van der Waals surface area contributed by atoms with Crippen LogP contribution in [0.4, 0.5) is 24.5 Å². The minimum absolute atomic E-state index is 0.143. The number of hydrogen-bond donors (Lipinski definition) is 2. The predicted octanol–water partition coefficient (Wildman–Crippen LogP) is 2.41. The van der Waals surface area contributed by atoms with Gasteiger partial charge in [-0.3, -0.25) is 4.79 Å². The molecule has 0 saturated carbocycles. The number of hydrogen-bond acceptors (Lipinski definition) is 3. The zero-order valence-electron chi connectivity index (χ0n) is 11.6. The standard InChI is InChI=1S/C13H18F3N3O/c1-8(2)19(7-13(14,15)16)11-5-4-9(6-10(11)17)12(20)18-3/h4-6,8H,7,17H2,1-3H3,(H,18,20). The highest BCUT2D eigenvalue weighted by molar-refractivity contribution is 5.96. The van der Waals surface area contributed by atoms with Gasteiger partial charge in [0, 0.05) is 18.7 Å². The van der Waals surface area contributed by atoms with Gasteiger partial charge < -0.3 is 16.0 Å². The van der Waals surface area contributed by atoms with Crippen molar-refractivity contribution in [1.29, 1.82) is 0 Å². The van der Waals surface area contributed by atoms with Crippen molar-refractivity contribution in [2.24, 2.45) is 0 Å². The third-order valence-corrected chi connectivity index (χ3v) is 2.80. The van der Waals surface area contributed by atoms with Crippen LogP contribution in [0.2, 0.25) is 0 Å². The fraction of sp³-hybridized carbons (Fsp3) is 0.462. The summed E-state index contributed by atoms with van der Waals surface area (Å²) in [6, 6.07) is 3.90. The average Bonchev–Trinajstić information content (AvgIpc) is 2.34. The van der Waals surface area contributed by atoms with Crippen LogP contribution >= 0.6 is 0 Å². The van der Waals surface area contributed by atoms with Gasteiger partial charge in [-0.1, -0.05) is 0 Å². The third kappa shape index (κ3) is 4.04. The van der Waals surface area contributed by atoms with Crippen LogP contribution in [0.1, 0.15) is 24.2 Å². The van der Waals surface area contributed by atoms with Gasteiger partial charge in [0.1, 0.15) is 6.54 Å². The number of alkyl halides is 3. The Morgan fingerprint density at radius 1 is 1.40 bits per heavy atom. The molecule has 0 aromatic heterocycles. The Hall–Kier alpha value is -1.92. The molecule has 0 radical (unpaired) electrons. The molecule has 0 aliphatic rings. The Morgan fingerprint density at radius 3 is 2.40 bits per heavy atom. The van der Waals surface area contributed by atoms with E-state index in [0.29, 0.717) is 5.56 Å². The first-order valence-corrected chi connectivity index (χ1v) is 6.10. The van der Waals surface area contributed by atoms with E-state index in [9.17, 15) is 18.0 Å². The second-order valence-electron chi connectivity index (χ2n) is 4.69. The van der Waals surface area contributed by atoms with Gasteiger partial charge in [-0.15, -0.1) is 0 Å². The lowest BCUT2D eigenvalue weighted by atomic mass is 10.1. The van der Waals surface area contributed by atoms with Gasteiger partial charge in [-0.05, 0) is 32.0 Å². The number of halogens is 3. The molecule has 20 heavy (non-hydrogen) atoms. The van der Waals surface area contributed by atoms with E-state index in [1.165, 1.54) is 25.2 Å². The number of carbonyl (C=O) groups excluding carboxylic acids is 1. The van der Waals surface area contributed by atoms with Crippen molar-refractivity contribution >= 4 is 17.3 Å². The Bertz CT molecular complexity index is 486. The van der Waals surface area contributed by atoms with Crippen LogP contribution in [0.25, 0.3) is 0 Å². The summed E-state index contributed by atoms with van der Waals surface area (Å²) in [6.07, 6.45) is -4.32. The highest BCUT2D eigenvalue weighted by atomic mass is 19.4. The number of nitrogens with zero attached hydrogens (tertiary/aromatic N) is 1. The Balaban J connectivity index is 3.12. The molecule has 1 rings (SSSR count). The lowest BCUT2D eigenvalue weighted by molar-refractivity contribution is -0.120. The first-order chi connectivity index (χ1) is 9.15. The van der Waals surface area contributed by atoms with Crippen LogP contribution in [0.3, 0.4) is 0 Å². The normalized spacial score (nSPS) is 11.6. The zero-order valence-corrected chi connectivity index (χ0v) is 11.6. The fourth-order valence-electron chi connectivity index (χ4n) is 1.84. The average molecular weight is 289 g/mol. The molecule has 0 heterocycles. The molecule has 0 unspecified atom stereocenters. The van der Waals surface area contributed by atoms with E-state index in [1.54, 1.807) is 13.8 Å².